The van der Waals surface area contributed by atoms with Crippen LogP contribution in [0.1, 0.15) is 298 Å². The van der Waals surface area contributed by atoms with E-state index in [4.69, 9.17) is 14.2 Å². The van der Waals surface area contributed by atoms with Gasteiger partial charge in [-0.05, 0) is 37.0 Å². The minimum Gasteiger partial charge on any atom is -0.462 e. The molecule has 0 aromatic carbocycles. The van der Waals surface area contributed by atoms with Crippen molar-refractivity contribution in [1.82, 2.24) is 0 Å². The lowest BCUT2D eigenvalue weighted by atomic mass is 9.99. The van der Waals surface area contributed by atoms with Crippen molar-refractivity contribution in [2.75, 3.05) is 13.2 Å². The van der Waals surface area contributed by atoms with Crippen molar-refractivity contribution in [3.63, 3.8) is 0 Å². The number of carbonyl (C=O) groups is 3. The minimum atomic E-state index is -0.763. The molecule has 0 aliphatic carbocycles. The van der Waals surface area contributed by atoms with E-state index in [-0.39, 0.29) is 31.1 Å². The van der Waals surface area contributed by atoms with Crippen molar-refractivity contribution in [1.29, 1.82) is 0 Å². The summed E-state index contributed by atoms with van der Waals surface area (Å²) in [5, 5.41) is 0. The fraction of sp³-hybridized carbons (Fsp3) is 0.945. The molecule has 61 heavy (non-hydrogen) atoms. The molecule has 0 N–H and O–H groups in total. The Morgan fingerprint density at radius 3 is 0.852 bits per heavy atom. The molecule has 2 unspecified atom stereocenters. The van der Waals surface area contributed by atoms with Crippen molar-refractivity contribution in [2.24, 2.45) is 17.8 Å². The second-order valence-corrected chi connectivity index (χ2v) is 19.8. The summed E-state index contributed by atoms with van der Waals surface area (Å²) < 4.78 is 16.8. The molecule has 0 fully saturated rings. The van der Waals surface area contributed by atoms with Crippen molar-refractivity contribution >= 4 is 17.9 Å². The van der Waals surface area contributed by atoms with Crippen molar-refractivity contribution < 1.29 is 28.6 Å². The first-order valence-electron chi connectivity index (χ1n) is 27.2. The van der Waals surface area contributed by atoms with Gasteiger partial charge < -0.3 is 14.2 Å². The lowest BCUT2D eigenvalue weighted by molar-refractivity contribution is -0.167. The van der Waals surface area contributed by atoms with Crippen LogP contribution in [0.25, 0.3) is 0 Å². The normalized spacial score (nSPS) is 13.0. The summed E-state index contributed by atoms with van der Waals surface area (Å²) in [5.74, 6) is 1.71. The molecule has 0 radical (unpaired) electrons. The number of hydrogen-bond acceptors (Lipinski definition) is 6. The first-order valence-corrected chi connectivity index (χ1v) is 27.2. The monoisotopic (exact) mass is 863 g/mol. The second kappa shape index (κ2) is 46.4. The summed E-state index contributed by atoms with van der Waals surface area (Å²) in [5.41, 5.74) is 0. The van der Waals surface area contributed by atoms with Crippen LogP contribution in [0.2, 0.25) is 0 Å². The molecule has 3 atom stereocenters. The van der Waals surface area contributed by atoms with Crippen LogP contribution in [0, 0.1) is 17.8 Å². The fourth-order valence-electron chi connectivity index (χ4n) is 8.23. The molecule has 362 valence electrons. The summed E-state index contributed by atoms with van der Waals surface area (Å²) in [6.45, 7) is 13.8. The average Bonchev–Trinajstić information content (AvgIpc) is 3.24. The molecule has 0 amide bonds. The highest BCUT2D eigenvalue weighted by atomic mass is 16.6. The molecular formula is C55H106O6. The van der Waals surface area contributed by atoms with Crippen molar-refractivity contribution in [2.45, 2.75) is 304 Å². The van der Waals surface area contributed by atoms with E-state index in [0.717, 1.165) is 75.5 Å². The van der Waals surface area contributed by atoms with Gasteiger partial charge in [-0.15, -0.1) is 0 Å². The predicted octanol–water partition coefficient (Wildman–Crippen LogP) is 17.6. The van der Waals surface area contributed by atoms with Crippen LogP contribution in [0.3, 0.4) is 0 Å². The quantitative estimate of drug-likeness (QED) is 0.0344. The molecule has 0 aliphatic rings. The number of rotatable bonds is 48. The number of ether oxygens (including phenoxy) is 3. The molecule has 0 spiro atoms. The molecule has 0 bridgehead atoms. The number of esters is 3. The zero-order valence-corrected chi connectivity index (χ0v) is 42.0. The molecule has 0 heterocycles. The Hall–Kier alpha value is -1.59. The van der Waals surface area contributed by atoms with E-state index < -0.39 is 6.10 Å². The van der Waals surface area contributed by atoms with Crippen molar-refractivity contribution in [3.05, 3.63) is 0 Å². The summed E-state index contributed by atoms with van der Waals surface area (Å²) >= 11 is 0. The third-order valence-electron chi connectivity index (χ3n) is 13.1. The largest absolute Gasteiger partial charge is 0.462 e. The van der Waals surface area contributed by atoms with Gasteiger partial charge in [0.25, 0.3) is 0 Å². The fourth-order valence-corrected chi connectivity index (χ4v) is 8.23. The predicted molar refractivity (Wildman–Crippen MR) is 261 cm³/mol. The van der Waals surface area contributed by atoms with Gasteiger partial charge in [0.15, 0.2) is 6.10 Å². The standard InChI is InChI=1S/C55H106O6/c1-7-50(5)42-36-30-24-17-13-11-9-10-12-14-19-26-32-38-44-53(56)59-47-52(48-60-54(57)45-39-33-27-22-21-23-29-35-41-49(3)4)61-55(58)46-40-34-28-20-16-15-18-25-31-37-43-51(6)8-2/h49-52H,7-48H2,1-6H3/t50?,51?,52-/m0/s1. The summed E-state index contributed by atoms with van der Waals surface area (Å²) in [6.07, 6.45) is 46.5. The maximum atomic E-state index is 12.8. The van der Waals surface area contributed by atoms with Crippen molar-refractivity contribution in [3.8, 4) is 0 Å². The van der Waals surface area contributed by atoms with Gasteiger partial charge in [-0.3, -0.25) is 14.4 Å². The van der Waals surface area contributed by atoms with Gasteiger partial charge in [0, 0.05) is 19.3 Å². The van der Waals surface area contributed by atoms with Crippen LogP contribution < -0.4 is 0 Å². The summed E-state index contributed by atoms with van der Waals surface area (Å²) in [4.78, 5) is 38.0. The number of carbonyl (C=O) groups excluding carboxylic acids is 3. The van der Waals surface area contributed by atoms with Crippen LogP contribution >= 0.6 is 0 Å². The van der Waals surface area contributed by atoms with Gasteiger partial charge in [-0.25, -0.2) is 0 Å². The van der Waals surface area contributed by atoms with Crippen LogP contribution in [-0.4, -0.2) is 37.2 Å². The van der Waals surface area contributed by atoms with Gasteiger partial charge in [0.1, 0.15) is 13.2 Å². The molecule has 0 saturated carbocycles. The Morgan fingerprint density at radius 1 is 0.328 bits per heavy atom. The Labute approximate surface area is 380 Å². The second-order valence-electron chi connectivity index (χ2n) is 19.8. The zero-order valence-electron chi connectivity index (χ0n) is 42.0. The lowest BCUT2D eigenvalue weighted by Crippen LogP contribution is -2.30. The minimum absolute atomic E-state index is 0.0646. The first-order chi connectivity index (χ1) is 29.7. The molecule has 6 nitrogen and oxygen atoms in total. The molecule has 0 aromatic heterocycles. The van der Waals surface area contributed by atoms with Gasteiger partial charge in [-0.1, -0.05) is 260 Å². The molecule has 0 aromatic rings. The Balaban J connectivity index is 4.29. The van der Waals surface area contributed by atoms with Gasteiger partial charge in [0.05, 0.1) is 0 Å². The Bertz CT molecular complexity index is 949. The van der Waals surface area contributed by atoms with E-state index in [9.17, 15) is 14.4 Å². The number of unbranched alkanes of at least 4 members (excludes halogenated alkanes) is 29. The van der Waals surface area contributed by atoms with Crippen LogP contribution in [0.4, 0.5) is 0 Å². The van der Waals surface area contributed by atoms with E-state index >= 15 is 0 Å². The average molecular weight is 863 g/mol. The van der Waals surface area contributed by atoms with E-state index in [1.165, 1.54) is 180 Å². The third-order valence-corrected chi connectivity index (χ3v) is 13.1. The lowest BCUT2D eigenvalue weighted by Gasteiger charge is -2.18. The summed E-state index contributed by atoms with van der Waals surface area (Å²) in [7, 11) is 0. The number of hydrogen-bond donors (Lipinski definition) is 0. The van der Waals surface area contributed by atoms with E-state index in [1.54, 1.807) is 0 Å². The molecule has 6 heteroatoms. The SMILES string of the molecule is CCC(C)CCCCCCCCCCCCCCCCC(=O)OC[C@@H](COC(=O)CCCCCCCCCCC(C)C)OC(=O)CCCCCCCCCCCCC(C)CC. The maximum absolute atomic E-state index is 12.8. The van der Waals surface area contributed by atoms with Crippen LogP contribution in [-0.2, 0) is 28.6 Å². The highest BCUT2D eigenvalue weighted by Gasteiger charge is 2.19. The molecule has 0 rings (SSSR count). The third kappa shape index (κ3) is 46.2. The topological polar surface area (TPSA) is 78.9 Å². The zero-order chi connectivity index (χ0) is 44.9. The summed E-state index contributed by atoms with van der Waals surface area (Å²) in [6, 6.07) is 0. The van der Waals surface area contributed by atoms with Gasteiger partial charge in [0.2, 0.25) is 0 Å². The van der Waals surface area contributed by atoms with Gasteiger partial charge >= 0.3 is 17.9 Å². The highest BCUT2D eigenvalue weighted by Crippen LogP contribution is 2.19. The van der Waals surface area contributed by atoms with E-state index in [2.05, 4.69) is 41.5 Å². The molecular weight excluding hydrogens is 757 g/mol. The smallest absolute Gasteiger partial charge is 0.306 e. The Morgan fingerprint density at radius 2 is 0.574 bits per heavy atom. The maximum Gasteiger partial charge on any atom is 0.306 e. The van der Waals surface area contributed by atoms with E-state index in [0.29, 0.717) is 19.3 Å². The van der Waals surface area contributed by atoms with Gasteiger partial charge in [-0.2, -0.15) is 0 Å². The molecule has 0 saturated heterocycles. The van der Waals surface area contributed by atoms with E-state index in [1.807, 2.05) is 0 Å². The molecule has 0 aliphatic heterocycles. The van der Waals surface area contributed by atoms with Crippen LogP contribution in [0.15, 0.2) is 0 Å². The highest BCUT2D eigenvalue weighted by molar-refractivity contribution is 5.71. The first kappa shape index (κ1) is 59.4. The Kier molecular flexibility index (Phi) is 45.2. The van der Waals surface area contributed by atoms with Crippen LogP contribution in [0.5, 0.6) is 0 Å².